The number of rotatable bonds is 3. The molecule has 7 nitrogen and oxygen atoms in total. The molecule has 3 aromatic heterocycles. The Morgan fingerprint density at radius 1 is 1.04 bits per heavy atom. The summed E-state index contributed by atoms with van der Waals surface area (Å²) in [7, 11) is 0. The fraction of sp³-hybridized carbons (Fsp3) is 0.222. The van der Waals surface area contributed by atoms with Gasteiger partial charge in [0.2, 0.25) is 5.95 Å². The van der Waals surface area contributed by atoms with Crippen molar-refractivity contribution in [2.45, 2.75) is 12.8 Å². The van der Waals surface area contributed by atoms with Crippen LogP contribution in [0.5, 0.6) is 0 Å². The lowest BCUT2D eigenvalue weighted by Crippen LogP contribution is -2.20. The predicted octanol–water partition coefficient (Wildman–Crippen LogP) is 3.24. The summed E-state index contributed by atoms with van der Waals surface area (Å²) < 4.78 is 0. The minimum absolute atomic E-state index is 0.571. The van der Waals surface area contributed by atoms with E-state index in [-0.39, 0.29) is 0 Å². The zero-order chi connectivity index (χ0) is 16.6. The minimum Gasteiger partial charge on any atom is -0.355 e. The maximum absolute atomic E-state index is 4.74. The standard InChI is InChI=1S/C18H17N7/c1-2-9-25(8-1)17-15-16(21-11-20-15)23-18(24-17)22-13-5-6-14-12(10-13)4-3-7-19-14/h3-7,10-11H,1-2,8-9H2,(H2,20,21,22,23,24). The highest BCUT2D eigenvalue weighted by molar-refractivity contribution is 5.86. The van der Waals surface area contributed by atoms with E-state index in [4.69, 9.17) is 4.98 Å². The molecule has 1 aliphatic heterocycles. The molecule has 124 valence electrons. The van der Waals surface area contributed by atoms with Gasteiger partial charge in [-0.15, -0.1) is 0 Å². The van der Waals surface area contributed by atoms with Gasteiger partial charge in [-0.3, -0.25) is 4.98 Å². The van der Waals surface area contributed by atoms with Crippen molar-refractivity contribution >= 4 is 39.5 Å². The summed E-state index contributed by atoms with van der Waals surface area (Å²) in [6.07, 6.45) is 5.85. The molecule has 7 heteroatoms. The molecule has 1 aromatic carbocycles. The second-order valence-corrected chi connectivity index (χ2v) is 6.20. The van der Waals surface area contributed by atoms with Gasteiger partial charge >= 0.3 is 0 Å². The first-order chi connectivity index (χ1) is 12.4. The number of anilines is 3. The monoisotopic (exact) mass is 331 g/mol. The summed E-state index contributed by atoms with van der Waals surface area (Å²) in [6.45, 7) is 2.03. The Balaban J connectivity index is 1.55. The van der Waals surface area contributed by atoms with Gasteiger partial charge in [-0.05, 0) is 37.1 Å². The van der Waals surface area contributed by atoms with Gasteiger partial charge in [-0.2, -0.15) is 9.97 Å². The van der Waals surface area contributed by atoms with Crippen LogP contribution < -0.4 is 10.2 Å². The smallest absolute Gasteiger partial charge is 0.231 e. The van der Waals surface area contributed by atoms with E-state index >= 15 is 0 Å². The molecule has 1 saturated heterocycles. The van der Waals surface area contributed by atoms with Gasteiger partial charge < -0.3 is 15.2 Å². The number of imidazole rings is 1. The number of hydrogen-bond donors (Lipinski definition) is 2. The van der Waals surface area contributed by atoms with Crippen molar-refractivity contribution in [1.82, 2.24) is 24.9 Å². The minimum atomic E-state index is 0.571. The molecule has 0 radical (unpaired) electrons. The molecule has 0 saturated carbocycles. The van der Waals surface area contributed by atoms with Crippen LogP contribution in [0.3, 0.4) is 0 Å². The van der Waals surface area contributed by atoms with Crippen molar-refractivity contribution in [3.05, 3.63) is 42.9 Å². The molecule has 0 amide bonds. The van der Waals surface area contributed by atoms with Gasteiger partial charge in [0.15, 0.2) is 17.0 Å². The van der Waals surface area contributed by atoms with Crippen LogP contribution in [0.25, 0.3) is 22.1 Å². The number of nitrogens with one attached hydrogen (secondary N) is 2. The van der Waals surface area contributed by atoms with Crippen molar-refractivity contribution in [3.63, 3.8) is 0 Å². The van der Waals surface area contributed by atoms with Crippen LogP contribution in [0.4, 0.5) is 17.5 Å². The molecule has 4 aromatic rings. The lowest BCUT2D eigenvalue weighted by molar-refractivity contribution is 0.938. The Morgan fingerprint density at radius 2 is 1.96 bits per heavy atom. The summed E-state index contributed by atoms with van der Waals surface area (Å²) in [6, 6.07) is 10.0. The molecule has 4 heterocycles. The van der Waals surface area contributed by atoms with Gasteiger partial charge in [0.25, 0.3) is 0 Å². The van der Waals surface area contributed by atoms with Gasteiger partial charge in [-0.25, -0.2) is 4.98 Å². The van der Waals surface area contributed by atoms with Crippen molar-refractivity contribution in [2.24, 2.45) is 0 Å². The van der Waals surface area contributed by atoms with Gasteiger partial charge in [0, 0.05) is 30.4 Å². The lowest BCUT2D eigenvalue weighted by atomic mass is 10.2. The highest BCUT2D eigenvalue weighted by Crippen LogP contribution is 2.27. The zero-order valence-corrected chi connectivity index (χ0v) is 13.6. The summed E-state index contributed by atoms with van der Waals surface area (Å²) in [5, 5.41) is 4.40. The van der Waals surface area contributed by atoms with Crippen molar-refractivity contribution in [1.29, 1.82) is 0 Å². The predicted molar refractivity (Wildman–Crippen MR) is 98.2 cm³/mol. The molecule has 1 aliphatic rings. The molecular formula is C18H17N7. The molecule has 5 rings (SSSR count). The molecule has 0 unspecified atom stereocenters. The number of hydrogen-bond acceptors (Lipinski definition) is 6. The highest BCUT2D eigenvalue weighted by atomic mass is 15.3. The average molecular weight is 331 g/mol. The van der Waals surface area contributed by atoms with Gasteiger partial charge in [-0.1, -0.05) is 6.07 Å². The number of aromatic amines is 1. The van der Waals surface area contributed by atoms with Crippen molar-refractivity contribution in [2.75, 3.05) is 23.3 Å². The third-order valence-corrected chi connectivity index (χ3v) is 4.53. The molecule has 0 bridgehead atoms. The number of benzene rings is 1. The second kappa shape index (κ2) is 5.70. The Kier molecular flexibility index (Phi) is 3.22. The third kappa shape index (κ3) is 2.53. The fourth-order valence-corrected chi connectivity index (χ4v) is 3.31. The normalized spacial score (nSPS) is 14.5. The van der Waals surface area contributed by atoms with E-state index in [0.29, 0.717) is 5.95 Å². The summed E-state index contributed by atoms with van der Waals surface area (Å²) in [5.41, 5.74) is 3.49. The van der Waals surface area contributed by atoms with E-state index in [1.54, 1.807) is 12.5 Å². The van der Waals surface area contributed by atoms with Gasteiger partial charge in [0.05, 0.1) is 11.8 Å². The van der Waals surface area contributed by atoms with Crippen molar-refractivity contribution in [3.8, 4) is 0 Å². The molecule has 0 spiro atoms. The van der Waals surface area contributed by atoms with Crippen molar-refractivity contribution < 1.29 is 0 Å². The Bertz CT molecular complexity index is 1050. The van der Waals surface area contributed by atoms with E-state index < -0.39 is 0 Å². The van der Waals surface area contributed by atoms with E-state index in [9.17, 15) is 0 Å². The third-order valence-electron chi connectivity index (χ3n) is 4.53. The maximum Gasteiger partial charge on any atom is 0.231 e. The topological polar surface area (TPSA) is 82.6 Å². The Hall–Kier alpha value is -3.22. The molecule has 0 atom stereocenters. The molecule has 1 fully saturated rings. The first-order valence-electron chi connectivity index (χ1n) is 8.45. The van der Waals surface area contributed by atoms with Crippen LogP contribution in [0, 0.1) is 0 Å². The molecule has 0 aliphatic carbocycles. The molecule has 25 heavy (non-hydrogen) atoms. The van der Waals surface area contributed by atoms with E-state index in [1.165, 1.54) is 12.8 Å². The Labute approximate surface area is 144 Å². The second-order valence-electron chi connectivity index (χ2n) is 6.20. The summed E-state index contributed by atoms with van der Waals surface area (Å²) in [5.74, 6) is 1.47. The van der Waals surface area contributed by atoms with Gasteiger partial charge in [0.1, 0.15) is 0 Å². The summed E-state index contributed by atoms with van der Waals surface area (Å²) in [4.78, 5) is 23.4. The van der Waals surface area contributed by atoms with Crippen LogP contribution in [0.1, 0.15) is 12.8 Å². The van der Waals surface area contributed by atoms with E-state index in [1.807, 2.05) is 24.3 Å². The first kappa shape index (κ1) is 14.2. The van der Waals surface area contributed by atoms with Crippen LogP contribution >= 0.6 is 0 Å². The van der Waals surface area contributed by atoms with Crippen LogP contribution in [-0.4, -0.2) is 38.0 Å². The van der Waals surface area contributed by atoms with E-state index in [0.717, 1.165) is 46.7 Å². The largest absolute Gasteiger partial charge is 0.355 e. The molecular weight excluding hydrogens is 314 g/mol. The quantitative estimate of drug-likeness (QED) is 0.600. The number of H-pyrrole nitrogens is 1. The maximum atomic E-state index is 4.74. The highest BCUT2D eigenvalue weighted by Gasteiger charge is 2.19. The van der Waals surface area contributed by atoms with E-state index in [2.05, 4.69) is 36.2 Å². The lowest BCUT2D eigenvalue weighted by Gasteiger charge is -2.17. The molecule has 2 N–H and O–H groups in total. The number of aromatic nitrogens is 5. The van der Waals surface area contributed by atoms with Crippen LogP contribution in [0.2, 0.25) is 0 Å². The Morgan fingerprint density at radius 3 is 2.88 bits per heavy atom. The first-order valence-corrected chi connectivity index (χ1v) is 8.45. The average Bonchev–Trinajstić information content (AvgIpc) is 3.32. The SMILES string of the molecule is c1cnc2ccc(Nc3nc(N4CCCC4)c4nc[nH]c4n3)cc2c1. The number of nitrogens with zero attached hydrogens (tertiary/aromatic N) is 5. The zero-order valence-electron chi connectivity index (χ0n) is 13.6. The summed E-state index contributed by atoms with van der Waals surface area (Å²) >= 11 is 0. The van der Waals surface area contributed by atoms with Crippen LogP contribution in [-0.2, 0) is 0 Å². The number of pyridine rings is 1. The van der Waals surface area contributed by atoms with Crippen LogP contribution in [0.15, 0.2) is 42.9 Å². The fourth-order valence-electron chi connectivity index (χ4n) is 3.31. The number of fused-ring (bicyclic) bond motifs is 2.